The van der Waals surface area contributed by atoms with Crippen molar-refractivity contribution in [3.63, 3.8) is 0 Å². The largest absolute Gasteiger partial charge is 0.375 e. The van der Waals surface area contributed by atoms with E-state index in [1.165, 1.54) is 32.1 Å². The molecule has 1 saturated carbocycles. The molecule has 0 radical (unpaired) electrons. The Hall–Kier alpha value is -0.590. The molecule has 1 atom stereocenters. The first-order chi connectivity index (χ1) is 8.05. The van der Waals surface area contributed by atoms with Gasteiger partial charge in [0, 0.05) is 18.9 Å². The van der Waals surface area contributed by atoms with E-state index in [-0.39, 0.29) is 11.1 Å². The van der Waals surface area contributed by atoms with E-state index in [9.17, 15) is 5.26 Å². The maximum absolute atomic E-state index is 9.54. The van der Waals surface area contributed by atoms with Gasteiger partial charge < -0.3 is 4.74 Å². The highest BCUT2D eigenvalue weighted by Crippen LogP contribution is 2.33. The summed E-state index contributed by atoms with van der Waals surface area (Å²) in [5.74, 6) is 0. The van der Waals surface area contributed by atoms with Gasteiger partial charge in [-0.1, -0.05) is 19.3 Å². The summed E-state index contributed by atoms with van der Waals surface area (Å²) in [7, 11) is 0. The number of ether oxygens (including phenoxy) is 1. The summed E-state index contributed by atoms with van der Waals surface area (Å²) in [6.07, 6.45) is 8.04. The van der Waals surface area contributed by atoms with E-state index in [4.69, 9.17) is 4.74 Å². The minimum atomic E-state index is -0.357. The normalized spacial score (nSPS) is 34.2. The van der Waals surface area contributed by atoms with Gasteiger partial charge >= 0.3 is 0 Å². The maximum atomic E-state index is 9.54. The lowest BCUT2D eigenvalue weighted by Gasteiger charge is -2.43. The van der Waals surface area contributed by atoms with E-state index in [0.717, 1.165) is 12.8 Å². The summed E-state index contributed by atoms with van der Waals surface area (Å²) in [5, 5.41) is 13.2. The predicted molar refractivity (Wildman–Crippen MR) is 67.6 cm³/mol. The summed E-state index contributed by atoms with van der Waals surface area (Å²) in [6, 6.07) is 3.07. The predicted octanol–water partition coefficient (Wildman–Crippen LogP) is 2.76. The molecule has 2 fully saturated rings. The minimum absolute atomic E-state index is 0.171. The average Bonchev–Trinajstić information content (AvgIpc) is 2.29. The van der Waals surface area contributed by atoms with Gasteiger partial charge in [-0.15, -0.1) is 0 Å². The molecule has 0 aromatic carbocycles. The van der Waals surface area contributed by atoms with Crippen LogP contribution in [-0.2, 0) is 4.74 Å². The topological polar surface area (TPSA) is 45.0 Å². The molecule has 1 unspecified atom stereocenters. The summed E-state index contributed by atoms with van der Waals surface area (Å²) >= 11 is 0. The van der Waals surface area contributed by atoms with Gasteiger partial charge in [-0.25, -0.2) is 0 Å². The summed E-state index contributed by atoms with van der Waals surface area (Å²) in [4.78, 5) is 0. The Kier molecular flexibility index (Phi) is 3.75. The second-order valence-corrected chi connectivity index (χ2v) is 6.21. The van der Waals surface area contributed by atoms with E-state index in [0.29, 0.717) is 12.6 Å². The van der Waals surface area contributed by atoms with Crippen LogP contribution >= 0.6 is 0 Å². The fourth-order valence-corrected chi connectivity index (χ4v) is 3.26. The van der Waals surface area contributed by atoms with Crippen LogP contribution in [0.15, 0.2) is 0 Å². The van der Waals surface area contributed by atoms with Gasteiger partial charge in [-0.2, -0.15) is 5.26 Å². The van der Waals surface area contributed by atoms with E-state index < -0.39 is 0 Å². The second-order valence-electron chi connectivity index (χ2n) is 6.21. The van der Waals surface area contributed by atoms with E-state index >= 15 is 0 Å². The zero-order valence-electron chi connectivity index (χ0n) is 11.1. The Bertz CT molecular complexity index is 302. The SMILES string of the molecule is CC1(C)CC(C#N)(NC2CCCCC2)CCO1. The lowest BCUT2D eigenvalue weighted by molar-refractivity contribution is -0.0783. The number of nitriles is 1. The zero-order chi connectivity index (χ0) is 12.4. The summed E-state index contributed by atoms with van der Waals surface area (Å²) in [6.45, 7) is 4.86. The molecule has 96 valence electrons. The maximum Gasteiger partial charge on any atom is 0.111 e. The molecule has 17 heavy (non-hydrogen) atoms. The molecule has 0 bridgehead atoms. The number of rotatable bonds is 2. The highest BCUT2D eigenvalue weighted by atomic mass is 16.5. The molecule has 1 aliphatic heterocycles. The fourth-order valence-electron chi connectivity index (χ4n) is 3.26. The fraction of sp³-hybridized carbons (Fsp3) is 0.929. The highest BCUT2D eigenvalue weighted by molar-refractivity contribution is 5.12. The minimum Gasteiger partial charge on any atom is -0.375 e. The lowest BCUT2D eigenvalue weighted by atomic mass is 9.80. The Morgan fingerprint density at radius 3 is 2.53 bits per heavy atom. The van der Waals surface area contributed by atoms with E-state index in [1.54, 1.807) is 0 Å². The van der Waals surface area contributed by atoms with Crippen molar-refractivity contribution in [3.05, 3.63) is 0 Å². The van der Waals surface area contributed by atoms with Gasteiger partial charge in [0.15, 0.2) is 0 Å². The van der Waals surface area contributed by atoms with Crippen molar-refractivity contribution in [2.75, 3.05) is 6.61 Å². The molecule has 1 N–H and O–H groups in total. The Labute approximate surface area is 105 Å². The van der Waals surface area contributed by atoms with Crippen LogP contribution in [0.5, 0.6) is 0 Å². The van der Waals surface area contributed by atoms with Crippen LogP contribution in [0.3, 0.4) is 0 Å². The molecule has 3 nitrogen and oxygen atoms in total. The van der Waals surface area contributed by atoms with Crippen LogP contribution in [0.2, 0.25) is 0 Å². The lowest BCUT2D eigenvalue weighted by Crippen LogP contribution is -2.57. The van der Waals surface area contributed by atoms with Gasteiger partial charge in [0.05, 0.1) is 18.3 Å². The van der Waals surface area contributed by atoms with Crippen LogP contribution in [0.25, 0.3) is 0 Å². The molecular formula is C14H24N2O. The Morgan fingerprint density at radius 2 is 1.94 bits per heavy atom. The highest BCUT2D eigenvalue weighted by Gasteiger charge is 2.42. The van der Waals surface area contributed by atoms with Crippen molar-refractivity contribution in [2.45, 2.75) is 76.0 Å². The quantitative estimate of drug-likeness (QED) is 0.802. The molecule has 0 aromatic rings. The molecule has 2 aliphatic rings. The van der Waals surface area contributed by atoms with Gasteiger partial charge in [0.2, 0.25) is 0 Å². The Balaban J connectivity index is 2.01. The van der Waals surface area contributed by atoms with Crippen molar-refractivity contribution in [1.29, 1.82) is 5.26 Å². The van der Waals surface area contributed by atoms with Crippen LogP contribution < -0.4 is 5.32 Å². The van der Waals surface area contributed by atoms with Crippen LogP contribution in [0, 0.1) is 11.3 Å². The molecule has 3 heteroatoms. The van der Waals surface area contributed by atoms with Gasteiger partial charge in [-0.05, 0) is 26.7 Å². The van der Waals surface area contributed by atoms with E-state index in [1.807, 2.05) is 0 Å². The number of nitrogens with zero attached hydrogens (tertiary/aromatic N) is 1. The van der Waals surface area contributed by atoms with Crippen molar-refractivity contribution in [3.8, 4) is 6.07 Å². The Morgan fingerprint density at radius 1 is 1.24 bits per heavy atom. The van der Waals surface area contributed by atoms with E-state index in [2.05, 4.69) is 25.2 Å². The average molecular weight is 236 g/mol. The van der Waals surface area contributed by atoms with Gasteiger partial charge in [0.1, 0.15) is 5.54 Å². The summed E-state index contributed by atoms with van der Waals surface area (Å²) in [5.41, 5.74) is -0.528. The number of hydrogen-bond donors (Lipinski definition) is 1. The van der Waals surface area contributed by atoms with Crippen molar-refractivity contribution >= 4 is 0 Å². The smallest absolute Gasteiger partial charge is 0.111 e. The molecule has 0 spiro atoms. The molecule has 2 rings (SSSR count). The molecule has 1 heterocycles. The van der Waals surface area contributed by atoms with Crippen LogP contribution in [-0.4, -0.2) is 23.8 Å². The monoisotopic (exact) mass is 236 g/mol. The summed E-state index contributed by atoms with van der Waals surface area (Å²) < 4.78 is 5.72. The first-order valence-electron chi connectivity index (χ1n) is 6.88. The molecule has 1 saturated heterocycles. The molecular weight excluding hydrogens is 212 g/mol. The van der Waals surface area contributed by atoms with Gasteiger partial charge in [0.25, 0.3) is 0 Å². The first kappa shape index (κ1) is 12.9. The van der Waals surface area contributed by atoms with Crippen LogP contribution in [0.1, 0.15) is 58.8 Å². The standard InChI is InChI=1S/C14H24N2O/c1-13(2)10-14(11-15,8-9-17-13)16-12-6-4-3-5-7-12/h12,16H,3-10H2,1-2H3. The first-order valence-corrected chi connectivity index (χ1v) is 6.88. The number of nitrogens with one attached hydrogen (secondary N) is 1. The van der Waals surface area contributed by atoms with Gasteiger partial charge in [-0.3, -0.25) is 5.32 Å². The molecule has 1 aliphatic carbocycles. The van der Waals surface area contributed by atoms with Crippen molar-refractivity contribution < 1.29 is 4.74 Å². The third kappa shape index (κ3) is 3.20. The third-order valence-electron chi connectivity index (χ3n) is 4.05. The zero-order valence-corrected chi connectivity index (χ0v) is 11.1. The number of hydrogen-bond acceptors (Lipinski definition) is 3. The third-order valence-corrected chi connectivity index (χ3v) is 4.05. The second kappa shape index (κ2) is 4.96. The van der Waals surface area contributed by atoms with Crippen molar-refractivity contribution in [2.24, 2.45) is 0 Å². The molecule has 0 aromatic heterocycles. The van der Waals surface area contributed by atoms with Crippen molar-refractivity contribution in [1.82, 2.24) is 5.32 Å². The van der Waals surface area contributed by atoms with Crippen LogP contribution in [0.4, 0.5) is 0 Å². The molecule has 0 amide bonds.